The van der Waals surface area contributed by atoms with E-state index in [2.05, 4.69) is 10.3 Å². The van der Waals surface area contributed by atoms with Gasteiger partial charge >= 0.3 is 0 Å². The maximum absolute atomic E-state index is 13.6. The molecule has 3 atom stereocenters. The van der Waals surface area contributed by atoms with Crippen LogP contribution in [0.25, 0.3) is 0 Å². The van der Waals surface area contributed by atoms with E-state index in [0.29, 0.717) is 12.1 Å². The summed E-state index contributed by atoms with van der Waals surface area (Å²) in [6, 6.07) is 12.0. The van der Waals surface area contributed by atoms with Crippen LogP contribution in [0.1, 0.15) is 35.3 Å². The second-order valence-corrected chi connectivity index (χ2v) is 12.5. The quantitative estimate of drug-likeness (QED) is 0.398. The summed E-state index contributed by atoms with van der Waals surface area (Å²) in [6.45, 7) is 0. The summed E-state index contributed by atoms with van der Waals surface area (Å²) in [5.74, 6) is -3.76. The minimum absolute atomic E-state index is 0.00386. The molecule has 3 aromatic rings. The third kappa shape index (κ3) is 4.70. The van der Waals surface area contributed by atoms with Crippen LogP contribution in [0.2, 0.25) is 5.02 Å². The van der Waals surface area contributed by atoms with Crippen LogP contribution in [0.3, 0.4) is 0 Å². The molecule has 3 unspecified atom stereocenters. The Balaban J connectivity index is 1.32. The fourth-order valence-electron chi connectivity index (χ4n) is 5.69. The minimum atomic E-state index is -4.00. The number of nitrogens with one attached hydrogen (secondary N) is 1. The van der Waals surface area contributed by atoms with Gasteiger partial charge in [-0.25, -0.2) is 17.2 Å². The summed E-state index contributed by atoms with van der Waals surface area (Å²) >= 11 is 6.25. The summed E-state index contributed by atoms with van der Waals surface area (Å²) in [7, 11) is -4.00. The Bertz CT molecular complexity index is 1480. The van der Waals surface area contributed by atoms with Crippen LogP contribution in [0.4, 0.5) is 14.5 Å². The first-order valence-corrected chi connectivity index (χ1v) is 14.0. The number of anilines is 1. The van der Waals surface area contributed by atoms with Gasteiger partial charge < -0.3 is 15.5 Å². The lowest BCUT2D eigenvalue weighted by molar-refractivity contribution is -0.230. The number of aromatic nitrogens is 1. The lowest BCUT2D eigenvalue weighted by atomic mass is 9.51. The van der Waals surface area contributed by atoms with Gasteiger partial charge in [0, 0.05) is 35.6 Å². The zero-order valence-electron chi connectivity index (χ0n) is 20.0. The van der Waals surface area contributed by atoms with E-state index in [4.69, 9.17) is 11.6 Å². The normalized spacial score (nSPS) is 25.3. The molecule has 6 rings (SSSR count). The van der Waals surface area contributed by atoms with Crippen molar-refractivity contribution in [3.63, 3.8) is 0 Å². The molecule has 3 fully saturated rings. The first-order valence-electron chi connectivity index (χ1n) is 12.1. The number of nitrogens with zero attached hydrogens (tertiary/aromatic N) is 1. The van der Waals surface area contributed by atoms with Crippen LogP contribution in [-0.4, -0.2) is 46.5 Å². The average Bonchev–Trinajstić information content (AvgIpc) is 2.90. The number of fused-ring (bicyclic) bond motifs is 2. The van der Waals surface area contributed by atoms with E-state index in [1.165, 1.54) is 18.2 Å². The van der Waals surface area contributed by atoms with Gasteiger partial charge in [0.1, 0.15) is 0 Å². The Morgan fingerprint density at radius 2 is 1.82 bits per heavy atom. The number of sulfone groups is 1. The molecule has 7 nitrogen and oxygen atoms in total. The number of pyridine rings is 1. The third-order valence-electron chi connectivity index (χ3n) is 7.75. The highest BCUT2D eigenvalue weighted by Crippen LogP contribution is 2.57. The number of halogens is 3. The van der Waals surface area contributed by atoms with Gasteiger partial charge in [-0.2, -0.15) is 0 Å². The standard InChI is InChI=1S/C27H25ClF2N2O5S/c28-21-6-4-15(26(34)32-19-5-7-22(29)23(30)13-19)9-24(21)38(36,37)20-11-16-10-17(12-20)27(16,35)25(33)14-18-3-1-2-8-31-18/h1-9,13,16-17,20,25,33,35H,10-12,14H2,(H,32,34)/t16?,17?,20-,25?,27-. The lowest BCUT2D eigenvalue weighted by Gasteiger charge is -2.60. The summed E-state index contributed by atoms with van der Waals surface area (Å²) in [4.78, 5) is 16.7. The molecule has 2 aromatic carbocycles. The van der Waals surface area contributed by atoms with Gasteiger partial charge in [-0.3, -0.25) is 9.78 Å². The molecule has 0 radical (unpaired) electrons. The van der Waals surface area contributed by atoms with Crippen LogP contribution in [-0.2, 0) is 16.3 Å². The van der Waals surface area contributed by atoms with E-state index in [-0.39, 0.29) is 40.4 Å². The fraction of sp³-hybridized carbons (Fsp3) is 0.333. The van der Waals surface area contributed by atoms with Crippen molar-refractivity contribution < 1.29 is 32.2 Å². The van der Waals surface area contributed by atoms with Crippen LogP contribution in [0.15, 0.2) is 65.7 Å². The molecule has 38 heavy (non-hydrogen) atoms. The predicted octanol–water partition coefficient (Wildman–Crippen LogP) is 4.17. The first-order chi connectivity index (χ1) is 18.0. The Kier molecular flexibility index (Phi) is 7.02. The highest BCUT2D eigenvalue weighted by Gasteiger charge is 2.63. The van der Waals surface area contributed by atoms with E-state index in [9.17, 15) is 32.2 Å². The van der Waals surface area contributed by atoms with Crippen molar-refractivity contribution >= 4 is 33.0 Å². The van der Waals surface area contributed by atoms with Gasteiger partial charge in [-0.1, -0.05) is 17.7 Å². The van der Waals surface area contributed by atoms with Gasteiger partial charge in [0.25, 0.3) is 5.91 Å². The van der Waals surface area contributed by atoms with Gasteiger partial charge in [-0.05, 0) is 73.6 Å². The number of aliphatic hydroxyl groups is 2. The summed E-state index contributed by atoms with van der Waals surface area (Å²) in [6.07, 6.45) is 1.55. The van der Waals surface area contributed by atoms with Gasteiger partial charge in [0.05, 0.1) is 26.9 Å². The Hall–Kier alpha value is -2.92. The summed E-state index contributed by atoms with van der Waals surface area (Å²) < 4.78 is 53.9. The molecule has 3 aliphatic carbocycles. The molecule has 3 saturated carbocycles. The molecule has 0 saturated heterocycles. The first kappa shape index (κ1) is 26.7. The largest absolute Gasteiger partial charge is 0.390 e. The van der Waals surface area contributed by atoms with Crippen molar-refractivity contribution in [1.29, 1.82) is 0 Å². The van der Waals surface area contributed by atoms with Crippen LogP contribution >= 0.6 is 11.6 Å². The smallest absolute Gasteiger partial charge is 0.255 e. The summed E-state index contributed by atoms with van der Waals surface area (Å²) in [5, 5.41) is 23.7. The molecule has 3 N–H and O–H groups in total. The number of aliphatic hydroxyl groups excluding tert-OH is 1. The number of carbonyl (C=O) groups is 1. The monoisotopic (exact) mass is 562 g/mol. The van der Waals surface area contributed by atoms with E-state index >= 15 is 0 Å². The number of carbonyl (C=O) groups excluding carboxylic acids is 1. The average molecular weight is 563 g/mol. The predicted molar refractivity (Wildman–Crippen MR) is 136 cm³/mol. The Labute approximate surface area is 223 Å². The van der Waals surface area contributed by atoms with Gasteiger partial charge in [-0.15, -0.1) is 0 Å². The number of benzene rings is 2. The number of rotatable bonds is 7. The second kappa shape index (κ2) is 10.00. The highest BCUT2D eigenvalue weighted by atomic mass is 35.5. The maximum Gasteiger partial charge on any atom is 0.255 e. The molecule has 1 heterocycles. The molecule has 11 heteroatoms. The maximum atomic E-state index is 13.6. The molecule has 0 spiro atoms. The molecule has 0 aliphatic heterocycles. The van der Waals surface area contributed by atoms with Crippen molar-refractivity contribution in [2.24, 2.45) is 11.8 Å². The minimum Gasteiger partial charge on any atom is -0.390 e. The van der Waals surface area contributed by atoms with Crippen molar-refractivity contribution in [2.75, 3.05) is 5.32 Å². The Morgan fingerprint density at radius 1 is 1.08 bits per heavy atom. The SMILES string of the molecule is O=C(Nc1ccc(F)c(F)c1)c1ccc(Cl)c(S(=O)(=O)[C@H]2CC3CC(C2)[C@]3(O)C(O)Cc2ccccn2)c1. The molecule has 200 valence electrons. The molecule has 2 bridgehead atoms. The molecular weight excluding hydrogens is 538 g/mol. The van der Waals surface area contributed by atoms with E-state index in [0.717, 1.165) is 18.2 Å². The second-order valence-electron chi connectivity index (χ2n) is 9.92. The number of hydrogen-bond acceptors (Lipinski definition) is 6. The van der Waals surface area contributed by atoms with E-state index < -0.39 is 56.2 Å². The van der Waals surface area contributed by atoms with Crippen LogP contribution < -0.4 is 5.32 Å². The van der Waals surface area contributed by atoms with Crippen molar-refractivity contribution in [3.8, 4) is 0 Å². The Morgan fingerprint density at radius 3 is 2.47 bits per heavy atom. The molecule has 1 amide bonds. The number of hydrogen-bond donors (Lipinski definition) is 3. The van der Waals surface area contributed by atoms with E-state index in [1.54, 1.807) is 24.4 Å². The van der Waals surface area contributed by atoms with Gasteiger partial charge in [0.2, 0.25) is 0 Å². The van der Waals surface area contributed by atoms with Crippen LogP contribution in [0.5, 0.6) is 0 Å². The molecule has 3 aliphatic rings. The highest BCUT2D eigenvalue weighted by molar-refractivity contribution is 7.92. The van der Waals surface area contributed by atoms with E-state index in [1.807, 2.05) is 0 Å². The van der Waals surface area contributed by atoms with Crippen molar-refractivity contribution in [3.05, 3.63) is 88.7 Å². The molecule has 1 aromatic heterocycles. The molecular formula is C27H25ClF2N2O5S. The van der Waals surface area contributed by atoms with Crippen molar-refractivity contribution in [2.45, 2.75) is 47.5 Å². The van der Waals surface area contributed by atoms with Crippen LogP contribution in [0, 0.1) is 23.5 Å². The zero-order chi connectivity index (χ0) is 27.2. The fourth-order valence-corrected chi connectivity index (χ4v) is 8.09. The number of amides is 1. The van der Waals surface area contributed by atoms with Gasteiger partial charge in [0.15, 0.2) is 21.5 Å². The lowest BCUT2D eigenvalue weighted by Crippen LogP contribution is -2.67. The topological polar surface area (TPSA) is 117 Å². The summed E-state index contributed by atoms with van der Waals surface area (Å²) in [5.41, 5.74) is -0.794. The zero-order valence-corrected chi connectivity index (χ0v) is 21.6. The third-order valence-corrected chi connectivity index (χ3v) is 10.4. The van der Waals surface area contributed by atoms with Crippen molar-refractivity contribution in [1.82, 2.24) is 4.98 Å².